The monoisotopic (exact) mass is 249 g/mol. The van der Waals surface area contributed by atoms with Gasteiger partial charge in [0, 0.05) is 6.42 Å². The van der Waals surface area contributed by atoms with E-state index in [4.69, 9.17) is 5.11 Å². The molecule has 17 heavy (non-hydrogen) atoms. The van der Waals surface area contributed by atoms with E-state index in [1.54, 1.807) is 18.3 Å². The van der Waals surface area contributed by atoms with E-state index in [0.29, 0.717) is 0 Å². The minimum atomic E-state index is -0.737. The van der Waals surface area contributed by atoms with Crippen molar-refractivity contribution in [3.8, 4) is 0 Å². The summed E-state index contributed by atoms with van der Waals surface area (Å²) in [5, 5.41) is 9.97. The fraction of sp³-hybridized carbons (Fsp3) is 0.385. The van der Waals surface area contributed by atoms with Crippen molar-refractivity contribution in [3.05, 3.63) is 29.3 Å². The van der Waals surface area contributed by atoms with E-state index in [2.05, 4.69) is 4.98 Å². The number of nitrogens with zero attached hydrogens (tertiary/aromatic N) is 1. The zero-order chi connectivity index (χ0) is 12.4. The number of para-hydroxylation sites is 1. The molecule has 1 aromatic carbocycles. The molecule has 90 valence electrons. The Morgan fingerprint density at radius 3 is 2.76 bits per heavy atom. The number of aromatic nitrogens is 1. The molecule has 0 amide bonds. The number of rotatable bonds is 4. The summed E-state index contributed by atoms with van der Waals surface area (Å²) in [6.45, 7) is 3.71. The lowest BCUT2D eigenvalue weighted by Crippen LogP contribution is -2.19. The standard InChI is InChI=1S/C13H15NO2S/c1-8(9(2)13(15)16)7-12-14-10-5-3-4-6-11(10)17-12/h3-6,8-9H,7H2,1-2H3,(H,15,16). The molecular weight excluding hydrogens is 234 g/mol. The maximum atomic E-state index is 10.9. The molecule has 4 heteroatoms. The number of carbonyl (C=O) groups is 1. The number of carboxylic acids is 1. The van der Waals surface area contributed by atoms with Crippen molar-refractivity contribution in [2.45, 2.75) is 20.3 Å². The molecule has 2 unspecified atom stereocenters. The Hall–Kier alpha value is -1.42. The van der Waals surface area contributed by atoms with E-state index in [0.717, 1.165) is 21.6 Å². The minimum absolute atomic E-state index is 0.105. The number of hydrogen-bond acceptors (Lipinski definition) is 3. The van der Waals surface area contributed by atoms with Crippen molar-refractivity contribution in [2.24, 2.45) is 11.8 Å². The first-order valence-electron chi connectivity index (χ1n) is 5.65. The van der Waals surface area contributed by atoms with Crippen molar-refractivity contribution < 1.29 is 9.90 Å². The third kappa shape index (κ3) is 2.64. The highest BCUT2D eigenvalue weighted by molar-refractivity contribution is 7.18. The zero-order valence-corrected chi connectivity index (χ0v) is 10.7. The summed E-state index contributed by atoms with van der Waals surface area (Å²) in [7, 11) is 0. The Kier molecular flexibility index (Phi) is 3.43. The normalized spacial score (nSPS) is 14.7. The van der Waals surface area contributed by atoms with Crippen LogP contribution in [-0.2, 0) is 11.2 Å². The van der Waals surface area contributed by atoms with Crippen molar-refractivity contribution in [1.29, 1.82) is 0 Å². The fourth-order valence-electron chi connectivity index (χ4n) is 1.70. The summed E-state index contributed by atoms with van der Waals surface area (Å²) >= 11 is 1.65. The molecule has 0 saturated heterocycles. The molecule has 0 radical (unpaired) electrons. The third-order valence-corrected chi connectivity index (χ3v) is 4.14. The predicted octanol–water partition coefficient (Wildman–Crippen LogP) is 3.20. The van der Waals surface area contributed by atoms with Crippen LogP contribution in [0.15, 0.2) is 24.3 Å². The van der Waals surface area contributed by atoms with Crippen LogP contribution in [0.5, 0.6) is 0 Å². The number of fused-ring (bicyclic) bond motifs is 1. The highest BCUT2D eigenvalue weighted by Crippen LogP contribution is 2.25. The molecule has 2 rings (SSSR count). The van der Waals surface area contributed by atoms with Crippen LogP contribution in [0.1, 0.15) is 18.9 Å². The summed E-state index contributed by atoms with van der Waals surface area (Å²) in [5.74, 6) is -0.964. The Bertz CT molecular complexity index is 502. The van der Waals surface area contributed by atoms with Gasteiger partial charge >= 0.3 is 5.97 Å². The van der Waals surface area contributed by atoms with Gasteiger partial charge in [-0.1, -0.05) is 26.0 Å². The Balaban J connectivity index is 2.15. The second kappa shape index (κ2) is 4.84. The van der Waals surface area contributed by atoms with E-state index < -0.39 is 5.97 Å². The quantitative estimate of drug-likeness (QED) is 0.905. The van der Waals surface area contributed by atoms with Crippen LogP contribution in [0.4, 0.5) is 0 Å². The first kappa shape index (κ1) is 12.0. The van der Waals surface area contributed by atoms with Crippen LogP contribution < -0.4 is 0 Å². The fourth-order valence-corrected chi connectivity index (χ4v) is 2.81. The molecule has 0 spiro atoms. The molecule has 0 bridgehead atoms. The van der Waals surface area contributed by atoms with E-state index in [1.165, 1.54) is 0 Å². The molecule has 0 aliphatic rings. The third-order valence-electron chi connectivity index (χ3n) is 3.08. The summed E-state index contributed by atoms with van der Waals surface area (Å²) < 4.78 is 1.16. The van der Waals surface area contributed by atoms with Crippen molar-refractivity contribution in [1.82, 2.24) is 4.98 Å². The second-order valence-electron chi connectivity index (χ2n) is 4.38. The van der Waals surface area contributed by atoms with Gasteiger partial charge in [0.1, 0.15) is 0 Å². The highest BCUT2D eigenvalue weighted by Gasteiger charge is 2.20. The van der Waals surface area contributed by atoms with E-state index in [1.807, 2.05) is 31.2 Å². The second-order valence-corrected chi connectivity index (χ2v) is 5.50. The number of benzene rings is 1. The first-order chi connectivity index (χ1) is 8.08. The van der Waals surface area contributed by atoms with Crippen LogP contribution in [0, 0.1) is 11.8 Å². The van der Waals surface area contributed by atoms with Crippen molar-refractivity contribution >= 4 is 27.5 Å². The van der Waals surface area contributed by atoms with Crippen LogP contribution in [-0.4, -0.2) is 16.1 Å². The summed E-state index contributed by atoms with van der Waals surface area (Å²) in [6.07, 6.45) is 0.729. The Morgan fingerprint density at radius 1 is 1.41 bits per heavy atom. The molecular formula is C13H15NO2S. The van der Waals surface area contributed by atoms with Crippen LogP contribution in [0.3, 0.4) is 0 Å². The summed E-state index contributed by atoms with van der Waals surface area (Å²) in [4.78, 5) is 15.4. The number of carboxylic acid groups (broad SMARTS) is 1. The van der Waals surface area contributed by atoms with Gasteiger partial charge in [0.25, 0.3) is 0 Å². The van der Waals surface area contributed by atoms with Gasteiger partial charge in [-0.3, -0.25) is 4.79 Å². The van der Waals surface area contributed by atoms with Gasteiger partial charge in [-0.15, -0.1) is 11.3 Å². The number of aliphatic carboxylic acids is 1. The Morgan fingerprint density at radius 2 is 2.12 bits per heavy atom. The first-order valence-corrected chi connectivity index (χ1v) is 6.47. The topological polar surface area (TPSA) is 50.2 Å². The molecule has 1 heterocycles. The molecule has 0 aliphatic carbocycles. The number of hydrogen-bond donors (Lipinski definition) is 1. The predicted molar refractivity (Wildman–Crippen MR) is 69.3 cm³/mol. The molecule has 1 aromatic heterocycles. The van der Waals surface area contributed by atoms with Crippen LogP contribution in [0.25, 0.3) is 10.2 Å². The molecule has 3 nitrogen and oxygen atoms in total. The number of thiazole rings is 1. The SMILES string of the molecule is CC(Cc1nc2ccccc2s1)C(C)C(=O)O. The lowest BCUT2D eigenvalue weighted by molar-refractivity contribution is -0.142. The Labute approximate surface area is 104 Å². The van der Waals surface area contributed by atoms with Gasteiger partial charge < -0.3 is 5.11 Å². The molecule has 2 aromatic rings. The smallest absolute Gasteiger partial charge is 0.306 e. The van der Waals surface area contributed by atoms with Gasteiger partial charge in [0.15, 0.2) is 0 Å². The largest absolute Gasteiger partial charge is 0.481 e. The maximum Gasteiger partial charge on any atom is 0.306 e. The summed E-state index contributed by atoms with van der Waals surface area (Å²) in [5.41, 5.74) is 1.00. The van der Waals surface area contributed by atoms with E-state index >= 15 is 0 Å². The van der Waals surface area contributed by atoms with E-state index in [-0.39, 0.29) is 11.8 Å². The maximum absolute atomic E-state index is 10.9. The van der Waals surface area contributed by atoms with Crippen molar-refractivity contribution in [2.75, 3.05) is 0 Å². The molecule has 0 saturated carbocycles. The zero-order valence-electron chi connectivity index (χ0n) is 9.88. The molecule has 0 fully saturated rings. The molecule has 0 aliphatic heterocycles. The van der Waals surface area contributed by atoms with E-state index in [9.17, 15) is 4.79 Å². The van der Waals surface area contributed by atoms with Gasteiger partial charge in [0.2, 0.25) is 0 Å². The lowest BCUT2D eigenvalue weighted by Gasteiger charge is -2.13. The van der Waals surface area contributed by atoms with Crippen molar-refractivity contribution in [3.63, 3.8) is 0 Å². The van der Waals surface area contributed by atoms with Gasteiger partial charge in [0.05, 0.1) is 21.1 Å². The van der Waals surface area contributed by atoms with Crippen LogP contribution in [0.2, 0.25) is 0 Å². The van der Waals surface area contributed by atoms with Gasteiger partial charge in [-0.2, -0.15) is 0 Å². The average molecular weight is 249 g/mol. The highest BCUT2D eigenvalue weighted by atomic mass is 32.1. The minimum Gasteiger partial charge on any atom is -0.481 e. The lowest BCUT2D eigenvalue weighted by atomic mass is 9.93. The molecule has 1 N–H and O–H groups in total. The average Bonchev–Trinajstić information content (AvgIpc) is 2.69. The van der Waals surface area contributed by atoms with Gasteiger partial charge in [-0.25, -0.2) is 4.98 Å². The molecule has 2 atom stereocenters. The van der Waals surface area contributed by atoms with Gasteiger partial charge in [-0.05, 0) is 18.1 Å². The summed E-state index contributed by atoms with van der Waals surface area (Å²) in [6, 6.07) is 7.99. The van der Waals surface area contributed by atoms with Crippen LogP contribution >= 0.6 is 11.3 Å².